The zero-order chi connectivity index (χ0) is 29.0. The van der Waals surface area contributed by atoms with Gasteiger partial charge in [0.05, 0.1) is 12.3 Å². The van der Waals surface area contributed by atoms with Crippen LogP contribution in [0.2, 0.25) is 58.9 Å². The van der Waals surface area contributed by atoms with Crippen LogP contribution in [0.3, 0.4) is 0 Å². The number of oxime groups is 1. The highest BCUT2D eigenvalue weighted by atomic mass is 28.4. The van der Waals surface area contributed by atoms with Crippen molar-refractivity contribution in [1.82, 2.24) is 0 Å². The Kier molecular flexibility index (Phi) is 9.21. The molecular weight excluding hydrogens is 535 g/mol. The lowest BCUT2D eigenvalue weighted by molar-refractivity contribution is -0.168. The molecule has 8 heteroatoms. The molecule has 4 aliphatic rings. The largest absolute Gasteiger partial charge is 0.415 e. The Hall–Kier alpha value is 0.000649. The summed E-state index contributed by atoms with van der Waals surface area (Å²) in [6, 6.07) is 0. The van der Waals surface area contributed by atoms with Gasteiger partial charge in [0.2, 0.25) is 0 Å². The maximum atomic E-state index is 7.26. The van der Waals surface area contributed by atoms with Crippen LogP contribution in [0.15, 0.2) is 5.16 Å². The zero-order valence-electron chi connectivity index (χ0n) is 27.5. The van der Waals surface area contributed by atoms with Crippen LogP contribution >= 0.6 is 0 Å². The standard InChI is InChI=1S/C31H61NO4Si3/c1-30-18-17-23(35-38(7,8)9)19-22(30)13-14-24-25-15-16-26(27(32-33-3)21-34-37(4,5)6)31(25,2)20-28(29(24)30)36-39(10,11)12/h22-26,28-29H,13-21H2,1-12H3/b32-27-/t22-,23-,24+,25+,26-,28+,29-,30+,31+/m1/s1. The van der Waals surface area contributed by atoms with Crippen molar-refractivity contribution in [3.63, 3.8) is 0 Å². The van der Waals surface area contributed by atoms with Gasteiger partial charge in [-0.15, -0.1) is 0 Å². The molecule has 39 heavy (non-hydrogen) atoms. The number of hydrogen-bond acceptors (Lipinski definition) is 5. The first-order chi connectivity index (χ1) is 17.9. The number of nitrogens with zero attached hydrogens (tertiary/aromatic N) is 1. The van der Waals surface area contributed by atoms with E-state index in [1.807, 2.05) is 0 Å². The van der Waals surface area contributed by atoms with Crippen LogP contribution in [0, 0.1) is 40.4 Å². The molecule has 0 amide bonds. The summed E-state index contributed by atoms with van der Waals surface area (Å²) in [5.74, 6) is 3.32. The Balaban J connectivity index is 1.64. The molecule has 0 bridgehead atoms. The van der Waals surface area contributed by atoms with Gasteiger partial charge >= 0.3 is 0 Å². The fraction of sp³-hybridized carbons (Fsp3) is 0.968. The van der Waals surface area contributed by atoms with Gasteiger partial charge in [0.1, 0.15) is 7.11 Å². The number of rotatable bonds is 9. The molecule has 0 saturated heterocycles. The minimum atomic E-state index is -1.73. The van der Waals surface area contributed by atoms with E-state index in [4.69, 9.17) is 18.1 Å². The maximum absolute atomic E-state index is 7.26. The van der Waals surface area contributed by atoms with E-state index in [0.29, 0.717) is 36.1 Å². The molecular formula is C31H61NO4Si3. The third-order valence-electron chi connectivity index (χ3n) is 10.8. The predicted molar refractivity (Wildman–Crippen MR) is 171 cm³/mol. The summed E-state index contributed by atoms with van der Waals surface area (Å²) in [5.41, 5.74) is 1.68. The van der Waals surface area contributed by atoms with E-state index in [0.717, 1.165) is 29.9 Å². The molecule has 4 saturated carbocycles. The fourth-order valence-corrected chi connectivity index (χ4v) is 12.6. The van der Waals surface area contributed by atoms with Crippen LogP contribution in [-0.4, -0.2) is 56.6 Å². The van der Waals surface area contributed by atoms with Crippen LogP contribution in [0.4, 0.5) is 0 Å². The van der Waals surface area contributed by atoms with Crippen molar-refractivity contribution < 1.29 is 18.1 Å². The topological polar surface area (TPSA) is 49.3 Å². The van der Waals surface area contributed by atoms with Gasteiger partial charge in [0.15, 0.2) is 25.0 Å². The molecule has 0 N–H and O–H groups in total. The van der Waals surface area contributed by atoms with E-state index in [9.17, 15) is 0 Å². The molecule has 0 aliphatic heterocycles. The third-order valence-corrected chi connectivity index (χ3v) is 13.9. The second-order valence-corrected chi connectivity index (χ2v) is 30.4. The predicted octanol–water partition coefficient (Wildman–Crippen LogP) is 8.55. The summed E-state index contributed by atoms with van der Waals surface area (Å²) in [5, 5.41) is 4.64. The van der Waals surface area contributed by atoms with Crippen LogP contribution in [0.5, 0.6) is 0 Å². The average molecular weight is 596 g/mol. The molecule has 4 fully saturated rings. The van der Waals surface area contributed by atoms with E-state index in [1.54, 1.807) is 7.11 Å². The van der Waals surface area contributed by atoms with Crippen LogP contribution in [-0.2, 0) is 18.1 Å². The highest BCUT2D eigenvalue weighted by Crippen LogP contribution is 2.68. The molecule has 0 aromatic heterocycles. The molecule has 5 nitrogen and oxygen atoms in total. The van der Waals surface area contributed by atoms with E-state index < -0.39 is 25.0 Å². The minimum Gasteiger partial charge on any atom is -0.415 e. The van der Waals surface area contributed by atoms with Gasteiger partial charge in [0.25, 0.3) is 0 Å². The van der Waals surface area contributed by atoms with Crippen molar-refractivity contribution in [3.8, 4) is 0 Å². The van der Waals surface area contributed by atoms with Crippen molar-refractivity contribution in [2.75, 3.05) is 13.7 Å². The Morgan fingerprint density at radius 2 is 1.46 bits per heavy atom. The van der Waals surface area contributed by atoms with Crippen molar-refractivity contribution in [1.29, 1.82) is 0 Å². The van der Waals surface area contributed by atoms with Crippen molar-refractivity contribution >= 4 is 30.7 Å². The van der Waals surface area contributed by atoms with E-state index >= 15 is 0 Å². The second-order valence-electron chi connectivity index (χ2n) is 17.0. The normalized spacial score (nSPS) is 41.5. The molecule has 0 aromatic carbocycles. The maximum Gasteiger partial charge on any atom is 0.184 e. The summed E-state index contributed by atoms with van der Waals surface area (Å²) >= 11 is 0. The molecule has 0 heterocycles. The lowest BCUT2D eigenvalue weighted by Crippen LogP contribution is -2.61. The van der Waals surface area contributed by atoms with Crippen LogP contribution in [0.25, 0.3) is 0 Å². The summed E-state index contributed by atoms with van der Waals surface area (Å²) in [6.07, 6.45) is 11.0. The van der Waals surface area contributed by atoms with E-state index in [-0.39, 0.29) is 5.41 Å². The quantitative estimate of drug-likeness (QED) is 0.152. The zero-order valence-corrected chi connectivity index (χ0v) is 30.5. The first-order valence-electron chi connectivity index (χ1n) is 16.0. The second kappa shape index (κ2) is 11.3. The molecule has 9 atom stereocenters. The fourth-order valence-electron chi connectivity index (χ4n) is 9.62. The summed E-state index contributed by atoms with van der Waals surface area (Å²) in [4.78, 5) is 5.44. The van der Waals surface area contributed by atoms with Gasteiger partial charge in [-0.3, -0.25) is 0 Å². The van der Waals surface area contributed by atoms with Gasteiger partial charge in [0, 0.05) is 18.1 Å². The van der Waals surface area contributed by atoms with Gasteiger partial charge < -0.3 is 18.1 Å². The smallest absolute Gasteiger partial charge is 0.184 e. The highest BCUT2D eigenvalue weighted by Gasteiger charge is 2.64. The summed E-state index contributed by atoms with van der Waals surface area (Å²) in [6.45, 7) is 26.9. The molecule has 0 unspecified atom stereocenters. The molecule has 0 radical (unpaired) electrons. The number of hydrogen-bond donors (Lipinski definition) is 0. The molecule has 4 rings (SSSR count). The van der Waals surface area contributed by atoms with Crippen molar-refractivity contribution in [2.45, 2.75) is 136 Å². The van der Waals surface area contributed by atoms with Gasteiger partial charge in [-0.1, -0.05) is 19.0 Å². The molecule has 226 valence electrons. The van der Waals surface area contributed by atoms with Crippen LogP contribution in [0.1, 0.15) is 65.2 Å². The Morgan fingerprint density at radius 1 is 0.795 bits per heavy atom. The SMILES string of the molecule is CO/N=C(/CO[Si](C)(C)C)[C@H]1CC[C@H]2[C@@H]3CC[C@@H]4C[C@H](O[Si](C)(C)C)CC[C@]4(C)[C@H]3[C@@H](O[Si](C)(C)C)C[C@]12C. The van der Waals surface area contributed by atoms with Gasteiger partial charge in [-0.25, -0.2) is 0 Å². The average Bonchev–Trinajstić information content (AvgIpc) is 3.10. The lowest BCUT2D eigenvalue weighted by atomic mass is 9.44. The first-order valence-corrected chi connectivity index (χ1v) is 26.2. The lowest BCUT2D eigenvalue weighted by Gasteiger charge is -2.64. The monoisotopic (exact) mass is 595 g/mol. The van der Waals surface area contributed by atoms with Gasteiger partial charge in [-0.2, -0.15) is 0 Å². The third kappa shape index (κ3) is 6.98. The van der Waals surface area contributed by atoms with E-state index in [2.05, 4.69) is 77.9 Å². The van der Waals surface area contributed by atoms with Crippen molar-refractivity contribution in [3.05, 3.63) is 0 Å². The Labute approximate surface area is 243 Å². The molecule has 0 aromatic rings. The van der Waals surface area contributed by atoms with Gasteiger partial charge in [-0.05, 0) is 145 Å². The van der Waals surface area contributed by atoms with Crippen molar-refractivity contribution in [2.24, 2.45) is 45.6 Å². The highest BCUT2D eigenvalue weighted by molar-refractivity contribution is 6.70. The van der Waals surface area contributed by atoms with E-state index in [1.165, 1.54) is 44.9 Å². The Morgan fingerprint density at radius 3 is 2.05 bits per heavy atom. The molecule has 0 spiro atoms. The number of fused-ring (bicyclic) bond motifs is 5. The summed E-state index contributed by atoms with van der Waals surface area (Å²) in [7, 11) is -3.21. The minimum absolute atomic E-state index is 0.187. The van der Waals surface area contributed by atoms with Crippen LogP contribution < -0.4 is 0 Å². The summed E-state index contributed by atoms with van der Waals surface area (Å²) < 4.78 is 20.4. The molecule has 4 aliphatic carbocycles. The first kappa shape index (κ1) is 31.9. The Bertz CT molecular complexity index is 894.